The zero-order valence-corrected chi connectivity index (χ0v) is 14.6. The fourth-order valence-electron chi connectivity index (χ4n) is 2.82. The second-order valence-electron chi connectivity index (χ2n) is 7.93. The average Bonchev–Trinajstić information content (AvgIpc) is 2.37. The minimum Gasteiger partial charge on any atom is -0.303 e. The van der Waals surface area contributed by atoms with Crippen LogP contribution in [0.4, 0.5) is 11.4 Å². The number of carbonyl (C=O) groups is 2. The summed E-state index contributed by atoms with van der Waals surface area (Å²) in [5.74, 6) is -0.0711. The number of rotatable bonds is 0. The molecule has 1 unspecified atom stereocenters. The van der Waals surface area contributed by atoms with E-state index in [1.807, 2.05) is 65.8 Å². The first-order chi connectivity index (χ1) is 9.96. The Balaban J connectivity index is 2.65. The van der Waals surface area contributed by atoms with Gasteiger partial charge in [0.1, 0.15) is 6.04 Å². The van der Waals surface area contributed by atoms with Gasteiger partial charge in [-0.3, -0.25) is 14.5 Å². The van der Waals surface area contributed by atoms with Crippen molar-refractivity contribution in [3.8, 4) is 0 Å². The van der Waals surface area contributed by atoms with E-state index in [0.29, 0.717) is 0 Å². The lowest BCUT2D eigenvalue weighted by molar-refractivity contribution is -0.129. The molecule has 120 valence electrons. The van der Waals surface area contributed by atoms with Gasteiger partial charge in [0.15, 0.2) is 0 Å². The molecule has 0 spiro atoms. The predicted octanol–water partition coefficient (Wildman–Crippen LogP) is 3.60. The van der Waals surface area contributed by atoms with Crippen molar-refractivity contribution in [1.82, 2.24) is 0 Å². The van der Waals surface area contributed by atoms with Gasteiger partial charge in [0.25, 0.3) is 0 Å². The van der Waals surface area contributed by atoms with Crippen LogP contribution >= 0.6 is 0 Å². The van der Waals surface area contributed by atoms with Gasteiger partial charge in [-0.2, -0.15) is 0 Å². The van der Waals surface area contributed by atoms with E-state index in [1.165, 1.54) is 0 Å². The lowest BCUT2D eigenvalue weighted by Gasteiger charge is -2.47. The van der Waals surface area contributed by atoms with Gasteiger partial charge < -0.3 is 4.90 Å². The molecule has 2 amide bonds. The van der Waals surface area contributed by atoms with Gasteiger partial charge in [0.2, 0.25) is 11.8 Å². The molecule has 0 saturated carbocycles. The number of amides is 2. The molecule has 4 nitrogen and oxygen atoms in total. The molecule has 1 aromatic carbocycles. The molecule has 1 heterocycles. The predicted molar refractivity (Wildman–Crippen MR) is 90.1 cm³/mol. The lowest BCUT2D eigenvalue weighted by Crippen LogP contribution is -2.60. The largest absolute Gasteiger partial charge is 0.303 e. The summed E-state index contributed by atoms with van der Waals surface area (Å²) in [5.41, 5.74) is 0.740. The van der Waals surface area contributed by atoms with E-state index in [1.54, 1.807) is 16.7 Å². The van der Waals surface area contributed by atoms with Gasteiger partial charge in [-0.15, -0.1) is 0 Å². The molecule has 1 atom stereocenters. The Hall–Kier alpha value is -1.84. The molecule has 1 aliphatic rings. The number of benzene rings is 1. The Morgan fingerprint density at radius 3 is 1.95 bits per heavy atom. The van der Waals surface area contributed by atoms with Gasteiger partial charge in [0.05, 0.1) is 11.4 Å². The number of fused-ring (bicyclic) bond motifs is 1. The van der Waals surface area contributed by atoms with Crippen LogP contribution in [-0.4, -0.2) is 23.4 Å². The van der Waals surface area contributed by atoms with Crippen LogP contribution in [0.5, 0.6) is 0 Å². The number of anilines is 2. The van der Waals surface area contributed by atoms with Crippen LogP contribution in [0.1, 0.15) is 48.5 Å². The first-order valence-corrected chi connectivity index (χ1v) is 7.73. The molecule has 0 fully saturated rings. The standard InChI is InChI=1S/C18H26N2O2/c1-12-15(21)20(18(5,6)7)14-11-9-8-10-13(14)19(12)16(22)17(2,3)4/h8-12H,1-7H3. The van der Waals surface area contributed by atoms with Crippen molar-refractivity contribution in [2.24, 2.45) is 5.41 Å². The topological polar surface area (TPSA) is 40.6 Å². The summed E-state index contributed by atoms with van der Waals surface area (Å²) >= 11 is 0. The summed E-state index contributed by atoms with van der Waals surface area (Å²) in [6.07, 6.45) is 0. The van der Waals surface area contributed by atoms with E-state index in [2.05, 4.69) is 0 Å². The van der Waals surface area contributed by atoms with Crippen molar-refractivity contribution in [3.63, 3.8) is 0 Å². The fourth-order valence-corrected chi connectivity index (χ4v) is 2.82. The van der Waals surface area contributed by atoms with Crippen molar-refractivity contribution < 1.29 is 9.59 Å². The Morgan fingerprint density at radius 2 is 1.50 bits per heavy atom. The normalized spacial score (nSPS) is 19.2. The second kappa shape index (κ2) is 5.11. The SMILES string of the molecule is CC1C(=O)N(C(C)(C)C)c2ccccc2N1C(=O)C(C)(C)C. The highest BCUT2D eigenvalue weighted by Gasteiger charge is 2.44. The van der Waals surface area contributed by atoms with Gasteiger partial charge in [-0.05, 0) is 39.8 Å². The van der Waals surface area contributed by atoms with Crippen LogP contribution in [0.3, 0.4) is 0 Å². The van der Waals surface area contributed by atoms with Crippen LogP contribution in [0.2, 0.25) is 0 Å². The van der Waals surface area contributed by atoms with E-state index in [0.717, 1.165) is 11.4 Å². The quantitative estimate of drug-likeness (QED) is 0.734. The maximum absolute atomic E-state index is 12.9. The first-order valence-electron chi connectivity index (χ1n) is 7.73. The number of hydrogen-bond donors (Lipinski definition) is 0. The van der Waals surface area contributed by atoms with Crippen molar-refractivity contribution in [2.75, 3.05) is 9.80 Å². The highest BCUT2D eigenvalue weighted by Crippen LogP contribution is 2.41. The summed E-state index contributed by atoms with van der Waals surface area (Å²) in [5, 5.41) is 0. The maximum Gasteiger partial charge on any atom is 0.250 e. The third-order valence-electron chi connectivity index (χ3n) is 3.88. The molecule has 0 radical (unpaired) electrons. The molecule has 22 heavy (non-hydrogen) atoms. The molecule has 0 saturated heterocycles. The van der Waals surface area contributed by atoms with E-state index in [-0.39, 0.29) is 17.4 Å². The average molecular weight is 302 g/mol. The third-order valence-corrected chi connectivity index (χ3v) is 3.88. The summed E-state index contributed by atoms with van der Waals surface area (Å²) in [7, 11) is 0. The van der Waals surface area contributed by atoms with E-state index in [9.17, 15) is 9.59 Å². The van der Waals surface area contributed by atoms with Crippen molar-refractivity contribution in [1.29, 1.82) is 0 Å². The number of hydrogen-bond acceptors (Lipinski definition) is 2. The smallest absolute Gasteiger partial charge is 0.250 e. The molecule has 0 aromatic heterocycles. The van der Waals surface area contributed by atoms with Crippen molar-refractivity contribution in [3.05, 3.63) is 24.3 Å². The number of nitrogens with zero attached hydrogens (tertiary/aromatic N) is 2. The van der Waals surface area contributed by atoms with E-state index >= 15 is 0 Å². The van der Waals surface area contributed by atoms with Crippen LogP contribution in [0.25, 0.3) is 0 Å². The van der Waals surface area contributed by atoms with Gasteiger partial charge in [-0.1, -0.05) is 32.9 Å². The minimum absolute atomic E-state index is 0.0330. The Labute approximate surface area is 133 Å². The zero-order valence-electron chi connectivity index (χ0n) is 14.6. The number of para-hydroxylation sites is 2. The number of carbonyl (C=O) groups excluding carboxylic acids is 2. The van der Waals surface area contributed by atoms with Crippen molar-refractivity contribution >= 4 is 23.2 Å². The molecule has 1 aromatic rings. The molecular weight excluding hydrogens is 276 g/mol. The molecule has 4 heteroatoms. The molecule has 0 bridgehead atoms. The fraction of sp³-hybridized carbons (Fsp3) is 0.556. The summed E-state index contributed by atoms with van der Waals surface area (Å²) < 4.78 is 0. The first kappa shape index (κ1) is 16.5. The zero-order chi connectivity index (χ0) is 16.9. The van der Waals surface area contributed by atoms with E-state index in [4.69, 9.17) is 0 Å². The Morgan fingerprint density at radius 1 is 1.00 bits per heavy atom. The van der Waals surface area contributed by atoms with Crippen LogP contribution in [-0.2, 0) is 9.59 Å². The van der Waals surface area contributed by atoms with Crippen LogP contribution < -0.4 is 9.80 Å². The van der Waals surface area contributed by atoms with Crippen molar-refractivity contribution in [2.45, 2.75) is 60.0 Å². The highest BCUT2D eigenvalue weighted by molar-refractivity contribution is 6.14. The van der Waals surface area contributed by atoms with E-state index < -0.39 is 11.5 Å². The minimum atomic E-state index is -0.536. The highest BCUT2D eigenvalue weighted by atomic mass is 16.2. The van der Waals surface area contributed by atoms with Gasteiger partial charge in [-0.25, -0.2) is 0 Å². The molecule has 0 N–H and O–H groups in total. The molecule has 0 aliphatic carbocycles. The maximum atomic E-state index is 12.9. The summed E-state index contributed by atoms with van der Waals surface area (Å²) in [6, 6.07) is 7.14. The Kier molecular flexibility index (Phi) is 3.84. The Bertz CT molecular complexity index is 608. The summed E-state index contributed by atoms with van der Waals surface area (Å²) in [6.45, 7) is 13.5. The van der Waals surface area contributed by atoms with Crippen LogP contribution in [0.15, 0.2) is 24.3 Å². The van der Waals surface area contributed by atoms with Crippen LogP contribution in [0, 0.1) is 5.41 Å². The summed E-state index contributed by atoms with van der Waals surface area (Å²) in [4.78, 5) is 29.2. The van der Waals surface area contributed by atoms with Gasteiger partial charge in [0, 0.05) is 11.0 Å². The third kappa shape index (κ3) is 2.62. The molecule has 1 aliphatic heterocycles. The second-order valence-corrected chi connectivity index (χ2v) is 7.93. The lowest BCUT2D eigenvalue weighted by atomic mass is 9.91. The van der Waals surface area contributed by atoms with Gasteiger partial charge >= 0.3 is 0 Å². The molecule has 2 rings (SSSR count). The monoisotopic (exact) mass is 302 g/mol. The molecular formula is C18H26N2O2.